The van der Waals surface area contributed by atoms with E-state index in [4.69, 9.17) is 0 Å². The first-order valence-corrected chi connectivity index (χ1v) is 30.5. The van der Waals surface area contributed by atoms with Crippen LogP contribution in [0.2, 0.25) is 0 Å². The van der Waals surface area contributed by atoms with E-state index in [0.717, 1.165) is 0 Å². The van der Waals surface area contributed by atoms with Crippen LogP contribution in [-0.4, -0.2) is 166 Å². The molecule has 90 heavy (non-hydrogen) atoms. The van der Waals surface area contributed by atoms with Gasteiger partial charge in [0, 0.05) is 73.8 Å². The first-order chi connectivity index (χ1) is 42.8. The number of benzene rings is 3. The number of aromatic amines is 2. The van der Waals surface area contributed by atoms with Gasteiger partial charge in [-0.25, -0.2) is 9.97 Å². The lowest BCUT2D eigenvalue weighted by atomic mass is 9.86. The molecule has 1 fully saturated rings. The number of aromatic hydroxyl groups is 2. The molecule has 0 saturated carbocycles. The topological polar surface area (TPSA) is 379 Å². The lowest BCUT2D eigenvalue weighted by Gasteiger charge is -2.32. The molecule has 6 rings (SSSR count). The van der Waals surface area contributed by atoms with Gasteiger partial charge in [-0.1, -0.05) is 103 Å². The van der Waals surface area contributed by atoms with E-state index in [2.05, 4.69) is 57.2 Å². The van der Waals surface area contributed by atoms with Crippen molar-refractivity contribution in [2.45, 2.75) is 167 Å². The van der Waals surface area contributed by atoms with Crippen LogP contribution in [0, 0.1) is 23.2 Å². The zero-order valence-corrected chi connectivity index (χ0v) is 52.1. The van der Waals surface area contributed by atoms with Crippen molar-refractivity contribution in [1.82, 2.24) is 62.1 Å². The molecule has 25 nitrogen and oxygen atoms in total. The van der Waals surface area contributed by atoms with Gasteiger partial charge >= 0.3 is 0 Å². The summed E-state index contributed by atoms with van der Waals surface area (Å²) in [5.41, 5.74) is 1.92. The van der Waals surface area contributed by atoms with E-state index in [-0.39, 0.29) is 93.6 Å². The monoisotopic (exact) mass is 1240 g/mol. The number of rotatable bonds is 33. The Morgan fingerprint density at radius 1 is 0.589 bits per heavy atom. The number of likely N-dealkylation sites (tertiary alicyclic amines) is 1. The quantitative estimate of drug-likeness (QED) is 0.0268. The second kappa shape index (κ2) is 33.6. The highest BCUT2D eigenvalue weighted by Crippen LogP contribution is 2.25. The van der Waals surface area contributed by atoms with Crippen molar-refractivity contribution >= 4 is 53.5 Å². The van der Waals surface area contributed by atoms with Crippen molar-refractivity contribution in [3.05, 3.63) is 132 Å². The zero-order valence-electron chi connectivity index (χ0n) is 52.1. The van der Waals surface area contributed by atoms with Crippen LogP contribution in [0.15, 0.2) is 104 Å². The molecule has 8 amide bonds. The van der Waals surface area contributed by atoms with E-state index in [0.29, 0.717) is 40.8 Å². The van der Waals surface area contributed by atoms with Gasteiger partial charge in [-0.15, -0.1) is 0 Å². The fourth-order valence-electron chi connectivity index (χ4n) is 10.7. The molecular formula is C65H88N12O13. The minimum absolute atomic E-state index is 0.0187. The number of aldehydes is 1. The van der Waals surface area contributed by atoms with Crippen LogP contribution in [0.4, 0.5) is 0 Å². The smallest absolute Gasteiger partial charge is 0.246 e. The lowest BCUT2D eigenvalue weighted by Crippen LogP contribution is -2.60. The Balaban J connectivity index is 1.23. The highest BCUT2D eigenvalue weighted by Gasteiger charge is 2.41. The number of carbonyl (C=O) groups is 9. The fourth-order valence-corrected chi connectivity index (χ4v) is 10.7. The third kappa shape index (κ3) is 21.7. The summed E-state index contributed by atoms with van der Waals surface area (Å²) < 4.78 is 0. The summed E-state index contributed by atoms with van der Waals surface area (Å²) in [6.45, 7) is 12.2. The number of amides is 8. The Bertz CT molecular complexity index is 3140. The number of hydrogen-bond acceptors (Lipinski definition) is 15. The Kier molecular flexibility index (Phi) is 26.2. The van der Waals surface area contributed by atoms with Gasteiger partial charge in [0.25, 0.3) is 0 Å². The van der Waals surface area contributed by atoms with E-state index < -0.39 is 114 Å². The molecule has 3 heterocycles. The number of aliphatic hydroxyl groups is 2. The van der Waals surface area contributed by atoms with Crippen LogP contribution in [0.5, 0.6) is 11.5 Å². The van der Waals surface area contributed by atoms with Crippen LogP contribution in [-0.2, 0) is 75.3 Å². The Morgan fingerprint density at radius 2 is 1.06 bits per heavy atom. The summed E-state index contributed by atoms with van der Waals surface area (Å²) in [5, 5.41) is 61.6. The SMILES string of the molecule is CC(C)C[C@H](C[C@H](O)[C@H](CC(C)C)NC(=O)[C@H](Cc1cnc[nH]1)NC(=O)[C@H](Cc1ccccc1)NC(=O)[C@@H]1CCCN1C(=O)[C@H](Cc1cnc[nH]1)NC(=O)C(C)(C)C)C(=O)N[C@@H](Cc1ccc(O)cc1)C(=O)N[C@@H](Cc1ccc(O)cc1)C(=O)N[C@H](C=O)CO. The normalized spacial score (nSPS) is 16.3. The molecule has 5 aromatic rings. The molecule has 25 heteroatoms. The van der Waals surface area contributed by atoms with Crippen molar-refractivity contribution in [3.63, 3.8) is 0 Å². The van der Waals surface area contributed by atoms with E-state index in [1.54, 1.807) is 69.4 Å². The molecule has 1 saturated heterocycles. The molecule has 1 aliphatic rings. The second-order valence-corrected chi connectivity index (χ2v) is 25.0. The number of hydrogen-bond donors (Lipinski definition) is 13. The van der Waals surface area contributed by atoms with E-state index >= 15 is 0 Å². The number of aliphatic hydroxyl groups excluding tert-OH is 2. The average molecular weight is 1250 g/mol. The lowest BCUT2D eigenvalue weighted by molar-refractivity contribution is -0.143. The van der Waals surface area contributed by atoms with Gasteiger partial charge in [-0.05, 0) is 84.9 Å². The van der Waals surface area contributed by atoms with E-state index in [1.807, 2.05) is 27.7 Å². The Morgan fingerprint density at radius 3 is 1.53 bits per heavy atom. The van der Waals surface area contributed by atoms with Gasteiger partial charge in [-0.3, -0.25) is 38.4 Å². The summed E-state index contributed by atoms with van der Waals surface area (Å²) in [6, 6.07) is 11.0. The molecule has 0 unspecified atom stereocenters. The van der Waals surface area contributed by atoms with Crippen LogP contribution in [0.1, 0.15) is 109 Å². The number of phenols is 2. The van der Waals surface area contributed by atoms with Crippen LogP contribution in [0.3, 0.4) is 0 Å². The van der Waals surface area contributed by atoms with Crippen molar-refractivity contribution in [1.29, 1.82) is 0 Å². The Labute approximate surface area is 524 Å². The van der Waals surface area contributed by atoms with E-state index in [9.17, 15) is 63.6 Å². The summed E-state index contributed by atoms with van der Waals surface area (Å²) >= 11 is 0. The number of H-pyrrole nitrogens is 2. The molecule has 10 atom stereocenters. The maximum absolute atomic E-state index is 14.9. The predicted molar refractivity (Wildman–Crippen MR) is 332 cm³/mol. The molecule has 0 aliphatic carbocycles. The minimum Gasteiger partial charge on any atom is -0.508 e. The number of phenolic OH excluding ortho intramolecular Hbond substituents is 2. The van der Waals surface area contributed by atoms with Crippen LogP contribution >= 0.6 is 0 Å². The van der Waals surface area contributed by atoms with Crippen LogP contribution in [0.25, 0.3) is 0 Å². The number of aromatic nitrogens is 4. The molecule has 1 aliphatic heterocycles. The standard InChI is InChI=1S/C65H88N12O13/c1-38(2)24-43(57(83)72-51(28-42-17-21-48(81)22-18-42)59(85)73-50(58(84)70-46(34-78)35-79)27-41-15-19-47(80)20-16-41)29-56(82)49(25-39(3)4)71-61(87)53(30-44-32-66-36-68-44)74-60(86)52(26-40-12-9-8-10-13-40)75-62(88)55-14-11-23-77(55)63(89)54(31-45-33-67-37-69-45)76-64(90)65(5,6)7/h8-10,12-13,15-22,32-34,36-39,43,46,49-56,79-82H,11,14,23-31,35H2,1-7H3,(H,66,68)(H,67,69)(H,70,84)(H,71,87)(H,72,83)(H,73,85)(H,74,86)(H,75,88)(H,76,90)/t43-,46-,49+,50+,51+,52+,53+,54+,55+,56+/m1/s1. The van der Waals surface area contributed by atoms with Gasteiger partial charge in [0.2, 0.25) is 47.3 Å². The van der Waals surface area contributed by atoms with E-state index in [1.165, 1.54) is 60.1 Å². The number of imidazole rings is 2. The summed E-state index contributed by atoms with van der Waals surface area (Å²) in [5.74, 6) is -6.53. The molecule has 0 bridgehead atoms. The van der Waals surface area contributed by atoms with Gasteiger partial charge in [0.05, 0.1) is 31.4 Å². The van der Waals surface area contributed by atoms with Gasteiger partial charge in [-0.2, -0.15) is 0 Å². The minimum atomic E-state index is -1.39. The number of carbonyl (C=O) groups excluding carboxylic acids is 9. The number of nitrogens with zero attached hydrogens (tertiary/aromatic N) is 3. The highest BCUT2D eigenvalue weighted by molar-refractivity contribution is 5.97. The third-order valence-electron chi connectivity index (χ3n) is 15.5. The van der Waals surface area contributed by atoms with Crippen molar-refractivity contribution in [2.24, 2.45) is 23.2 Å². The largest absolute Gasteiger partial charge is 0.508 e. The van der Waals surface area contributed by atoms with Gasteiger partial charge in [0.1, 0.15) is 60.1 Å². The van der Waals surface area contributed by atoms with Crippen molar-refractivity contribution in [3.8, 4) is 11.5 Å². The van der Waals surface area contributed by atoms with Gasteiger partial charge in [0.15, 0.2) is 0 Å². The first-order valence-electron chi connectivity index (χ1n) is 30.5. The highest BCUT2D eigenvalue weighted by atomic mass is 16.3. The third-order valence-corrected chi connectivity index (χ3v) is 15.5. The van der Waals surface area contributed by atoms with Crippen molar-refractivity contribution in [2.75, 3.05) is 13.2 Å². The molecule has 486 valence electrons. The number of nitrogens with one attached hydrogen (secondary N) is 9. The van der Waals surface area contributed by atoms with Crippen molar-refractivity contribution < 1.29 is 63.6 Å². The average Bonchev–Trinajstić information content (AvgIpc) is 1.86. The second-order valence-electron chi connectivity index (χ2n) is 25.0. The maximum Gasteiger partial charge on any atom is 0.246 e. The summed E-state index contributed by atoms with van der Waals surface area (Å²) in [7, 11) is 0. The summed E-state index contributed by atoms with van der Waals surface area (Å²) in [6.07, 6.45) is 5.46. The molecule has 0 radical (unpaired) electrons. The molecular weight excluding hydrogens is 1160 g/mol. The maximum atomic E-state index is 14.9. The summed E-state index contributed by atoms with van der Waals surface area (Å²) in [4.78, 5) is 142. The fraction of sp³-hybridized carbons (Fsp3) is 0.492. The molecule has 2 aromatic heterocycles. The Hall–Kier alpha value is -8.97. The van der Waals surface area contributed by atoms with Crippen LogP contribution < -0.4 is 37.2 Å². The van der Waals surface area contributed by atoms with Gasteiger partial charge < -0.3 is 77.3 Å². The molecule has 3 aromatic carbocycles. The predicted octanol–water partition coefficient (Wildman–Crippen LogP) is 2.14. The molecule has 0 spiro atoms. The molecule has 13 N–H and O–H groups in total. The first kappa shape index (κ1) is 70.1. The zero-order chi connectivity index (χ0) is 65.7.